The molecular weight excluding hydrogens is 344 g/mol. The second-order valence-corrected chi connectivity index (χ2v) is 6.08. The predicted molar refractivity (Wildman–Crippen MR) is 101 cm³/mol. The van der Waals surface area contributed by atoms with Crippen molar-refractivity contribution in [1.29, 1.82) is 5.26 Å². The number of nitrogen functional groups attached to an aromatic ring is 1. The number of anilines is 1. The first-order valence-corrected chi connectivity index (χ1v) is 8.53. The van der Waals surface area contributed by atoms with Crippen LogP contribution in [-0.4, -0.2) is 30.3 Å². The lowest BCUT2D eigenvalue weighted by molar-refractivity contribution is 0.296. The minimum absolute atomic E-state index is 0.167. The molecule has 0 spiro atoms. The van der Waals surface area contributed by atoms with E-state index in [9.17, 15) is 5.26 Å². The summed E-state index contributed by atoms with van der Waals surface area (Å²) in [6, 6.07) is 9.49. The van der Waals surface area contributed by atoms with E-state index in [1.165, 1.54) is 0 Å². The van der Waals surface area contributed by atoms with Crippen molar-refractivity contribution in [2.24, 2.45) is 0 Å². The second kappa shape index (κ2) is 6.92. The minimum Gasteiger partial charge on any atom is -0.496 e. The van der Waals surface area contributed by atoms with Gasteiger partial charge in [0.2, 0.25) is 0 Å². The number of rotatable bonds is 3. The third kappa shape index (κ3) is 3.02. The van der Waals surface area contributed by atoms with E-state index in [1.807, 2.05) is 24.4 Å². The highest BCUT2D eigenvalue weighted by Gasteiger charge is 2.21. The first-order valence-electron chi connectivity index (χ1n) is 8.53. The molecule has 0 radical (unpaired) electrons. The van der Waals surface area contributed by atoms with Gasteiger partial charge >= 0.3 is 0 Å². The normalized spacial score (nSPS) is 12.9. The molecule has 0 bridgehead atoms. The van der Waals surface area contributed by atoms with Gasteiger partial charge in [-0.2, -0.15) is 5.26 Å². The summed E-state index contributed by atoms with van der Waals surface area (Å²) in [4.78, 5) is 7.37. The molecule has 3 N–H and O–H groups in total. The summed E-state index contributed by atoms with van der Waals surface area (Å²) in [6.45, 7) is 1.15. The van der Waals surface area contributed by atoms with Gasteiger partial charge < -0.3 is 24.9 Å². The van der Waals surface area contributed by atoms with Gasteiger partial charge in [-0.25, -0.2) is 4.98 Å². The van der Waals surface area contributed by atoms with Gasteiger partial charge in [0.1, 0.15) is 23.2 Å². The molecule has 4 rings (SSSR count). The monoisotopic (exact) mass is 362 g/mol. The SMILES string of the molecule is COc1cc2c(cc1-c1cc(-c3cc[nH]c3)nc(N)c1C#N)OCCCO2. The lowest BCUT2D eigenvalue weighted by atomic mass is 9.97. The Hall–Kier alpha value is -3.66. The van der Waals surface area contributed by atoms with Gasteiger partial charge in [-0.15, -0.1) is 0 Å². The van der Waals surface area contributed by atoms with Crippen LogP contribution in [0.4, 0.5) is 5.82 Å². The number of methoxy groups -OCH3 is 1. The van der Waals surface area contributed by atoms with E-state index in [0.717, 1.165) is 12.0 Å². The highest BCUT2D eigenvalue weighted by Crippen LogP contribution is 2.43. The van der Waals surface area contributed by atoms with Gasteiger partial charge in [-0.1, -0.05) is 0 Å². The summed E-state index contributed by atoms with van der Waals surface area (Å²) in [5.74, 6) is 1.98. The smallest absolute Gasteiger partial charge is 0.164 e. The van der Waals surface area contributed by atoms with E-state index in [4.69, 9.17) is 19.9 Å². The Morgan fingerprint density at radius 1 is 1.19 bits per heavy atom. The van der Waals surface area contributed by atoms with E-state index in [-0.39, 0.29) is 5.82 Å². The molecule has 1 aliphatic heterocycles. The second-order valence-electron chi connectivity index (χ2n) is 6.08. The molecule has 1 aromatic carbocycles. The Morgan fingerprint density at radius 2 is 1.96 bits per heavy atom. The molecule has 7 nitrogen and oxygen atoms in total. The summed E-state index contributed by atoms with van der Waals surface area (Å²) < 4.78 is 17.1. The van der Waals surface area contributed by atoms with Crippen LogP contribution in [0.25, 0.3) is 22.4 Å². The number of ether oxygens (including phenoxy) is 3. The van der Waals surface area contributed by atoms with Crippen molar-refractivity contribution in [3.8, 4) is 45.7 Å². The van der Waals surface area contributed by atoms with Gasteiger partial charge in [-0.3, -0.25) is 0 Å². The zero-order valence-electron chi connectivity index (χ0n) is 14.8. The van der Waals surface area contributed by atoms with Crippen molar-refractivity contribution in [3.05, 3.63) is 42.2 Å². The van der Waals surface area contributed by atoms with Gasteiger partial charge in [0.05, 0.1) is 26.0 Å². The fourth-order valence-corrected chi connectivity index (χ4v) is 3.10. The quantitative estimate of drug-likeness (QED) is 0.740. The number of hydrogen-bond acceptors (Lipinski definition) is 6. The topological polar surface area (TPSA) is 106 Å². The molecule has 0 atom stereocenters. The van der Waals surface area contributed by atoms with Crippen LogP contribution in [0.15, 0.2) is 36.7 Å². The Bertz CT molecular complexity index is 1020. The van der Waals surface area contributed by atoms with Crippen molar-refractivity contribution >= 4 is 5.82 Å². The van der Waals surface area contributed by atoms with Crippen molar-refractivity contribution in [2.45, 2.75) is 6.42 Å². The van der Waals surface area contributed by atoms with Crippen molar-refractivity contribution < 1.29 is 14.2 Å². The largest absolute Gasteiger partial charge is 0.496 e. The van der Waals surface area contributed by atoms with Crippen LogP contribution in [0.1, 0.15) is 12.0 Å². The Kier molecular flexibility index (Phi) is 4.30. The third-order valence-electron chi connectivity index (χ3n) is 4.41. The summed E-state index contributed by atoms with van der Waals surface area (Å²) in [5, 5.41) is 9.66. The van der Waals surface area contributed by atoms with Crippen LogP contribution < -0.4 is 19.9 Å². The maximum atomic E-state index is 9.66. The number of nitrogens with zero attached hydrogens (tertiary/aromatic N) is 2. The molecule has 3 heterocycles. The van der Waals surface area contributed by atoms with E-state index < -0.39 is 0 Å². The van der Waals surface area contributed by atoms with E-state index in [2.05, 4.69) is 16.0 Å². The number of pyridine rings is 1. The van der Waals surface area contributed by atoms with E-state index in [1.54, 1.807) is 19.4 Å². The molecule has 0 saturated heterocycles. The Morgan fingerprint density at radius 3 is 2.63 bits per heavy atom. The Balaban J connectivity index is 1.95. The number of nitriles is 1. The first-order chi connectivity index (χ1) is 13.2. The molecule has 7 heteroatoms. The average Bonchev–Trinajstić information content (AvgIpc) is 3.12. The third-order valence-corrected chi connectivity index (χ3v) is 4.41. The zero-order chi connectivity index (χ0) is 18.8. The first kappa shape index (κ1) is 16.8. The van der Waals surface area contributed by atoms with Crippen LogP contribution in [0, 0.1) is 11.3 Å². The van der Waals surface area contributed by atoms with Gasteiger partial charge in [-0.05, 0) is 18.2 Å². The van der Waals surface area contributed by atoms with E-state index in [0.29, 0.717) is 52.8 Å². The predicted octanol–water partition coefficient (Wildman–Crippen LogP) is 3.37. The number of nitrogens with one attached hydrogen (secondary N) is 1. The van der Waals surface area contributed by atoms with Crippen molar-refractivity contribution in [1.82, 2.24) is 9.97 Å². The lowest BCUT2D eigenvalue weighted by Gasteiger charge is -2.16. The summed E-state index contributed by atoms with van der Waals surface area (Å²) >= 11 is 0. The fourth-order valence-electron chi connectivity index (χ4n) is 3.10. The molecule has 0 aliphatic carbocycles. The van der Waals surface area contributed by atoms with Crippen LogP contribution in [0.3, 0.4) is 0 Å². The molecule has 0 fully saturated rings. The molecule has 1 aliphatic rings. The van der Waals surface area contributed by atoms with Gasteiger partial charge in [0.15, 0.2) is 11.5 Å². The number of hydrogen-bond donors (Lipinski definition) is 2. The molecule has 2 aromatic heterocycles. The molecule has 0 unspecified atom stereocenters. The molecule has 27 heavy (non-hydrogen) atoms. The van der Waals surface area contributed by atoms with Crippen LogP contribution in [0.5, 0.6) is 17.2 Å². The highest BCUT2D eigenvalue weighted by atomic mass is 16.5. The van der Waals surface area contributed by atoms with Gasteiger partial charge in [0, 0.05) is 41.6 Å². The molecule has 0 saturated carbocycles. The Labute approximate surface area is 156 Å². The highest BCUT2D eigenvalue weighted by molar-refractivity contribution is 5.84. The number of benzene rings is 1. The molecule has 136 valence electrons. The average molecular weight is 362 g/mol. The zero-order valence-corrected chi connectivity index (χ0v) is 14.8. The number of fused-ring (bicyclic) bond motifs is 1. The van der Waals surface area contributed by atoms with Crippen molar-refractivity contribution in [2.75, 3.05) is 26.1 Å². The number of nitrogens with two attached hydrogens (primary N) is 1. The van der Waals surface area contributed by atoms with Crippen molar-refractivity contribution in [3.63, 3.8) is 0 Å². The molecule has 0 amide bonds. The minimum atomic E-state index is 0.167. The summed E-state index contributed by atoms with van der Waals surface area (Å²) in [5.41, 5.74) is 9.25. The molecular formula is C20H18N4O3. The maximum absolute atomic E-state index is 9.66. The molecule has 3 aromatic rings. The van der Waals surface area contributed by atoms with Crippen LogP contribution >= 0.6 is 0 Å². The van der Waals surface area contributed by atoms with E-state index >= 15 is 0 Å². The summed E-state index contributed by atoms with van der Waals surface area (Å²) in [7, 11) is 1.58. The van der Waals surface area contributed by atoms with Crippen LogP contribution in [-0.2, 0) is 0 Å². The number of aromatic nitrogens is 2. The van der Waals surface area contributed by atoms with Crippen LogP contribution in [0.2, 0.25) is 0 Å². The standard InChI is InChI=1S/C20H18N4O3/c1-25-17-9-19-18(26-5-2-6-27-19)8-14(17)13-7-16(12-3-4-23-11-12)24-20(22)15(13)10-21/h3-4,7-9,11,23H,2,5-6H2,1H3,(H2,22,24). The number of H-pyrrole nitrogens is 1. The maximum Gasteiger partial charge on any atom is 0.164 e. The fraction of sp³-hybridized carbons (Fsp3) is 0.200. The van der Waals surface area contributed by atoms with Gasteiger partial charge in [0.25, 0.3) is 0 Å². The lowest BCUT2D eigenvalue weighted by Crippen LogP contribution is -2.01. The number of aromatic amines is 1. The summed E-state index contributed by atoms with van der Waals surface area (Å²) in [6.07, 6.45) is 4.43.